The molecular formula is C11H14N2O4. The van der Waals surface area contributed by atoms with Gasteiger partial charge < -0.3 is 21.3 Å². The van der Waals surface area contributed by atoms with Crippen LogP contribution in [0.1, 0.15) is 22.8 Å². The first-order chi connectivity index (χ1) is 7.95. The van der Waals surface area contributed by atoms with Gasteiger partial charge in [0.1, 0.15) is 5.75 Å². The van der Waals surface area contributed by atoms with Gasteiger partial charge in [-0.25, -0.2) is 4.79 Å². The minimum Gasteiger partial charge on any atom is -0.506 e. The van der Waals surface area contributed by atoms with E-state index in [1.54, 1.807) is 0 Å². The Hall–Kier alpha value is -2.08. The molecule has 1 amide bonds. The zero-order chi connectivity index (χ0) is 13.0. The minimum absolute atomic E-state index is 0.0416. The van der Waals surface area contributed by atoms with E-state index in [1.165, 1.54) is 13.0 Å². The van der Waals surface area contributed by atoms with Crippen LogP contribution in [0.25, 0.3) is 0 Å². The molecule has 1 aromatic carbocycles. The minimum atomic E-state index is -1.15. The highest BCUT2D eigenvalue weighted by molar-refractivity contribution is 5.94. The second-order valence-electron chi connectivity index (χ2n) is 3.55. The van der Waals surface area contributed by atoms with Gasteiger partial charge in [0, 0.05) is 6.92 Å². The maximum absolute atomic E-state index is 11.0. The summed E-state index contributed by atoms with van der Waals surface area (Å²) >= 11 is 0. The fourth-order valence-electron chi connectivity index (χ4n) is 1.48. The van der Waals surface area contributed by atoms with Crippen molar-refractivity contribution in [1.29, 1.82) is 0 Å². The number of carboxylic acid groups (broad SMARTS) is 1. The fraction of sp³-hybridized carbons (Fsp3) is 0.273. The first-order valence-electron chi connectivity index (χ1n) is 5.02. The van der Waals surface area contributed by atoms with Crippen molar-refractivity contribution in [3.8, 4) is 5.75 Å². The number of carboxylic acids is 1. The quantitative estimate of drug-likeness (QED) is 0.572. The topological polar surface area (TPSA) is 113 Å². The number of nitrogens with one attached hydrogen (secondary N) is 1. The van der Waals surface area contributed by atoms with Gasteiger partial charge in [-0.1, -0.05) is 0 Å². The normalized spacial score (nSPS) is 10.0. The molecule has 0 fully saturated rings. The Morgan fingerprint density at radius 3 is 2.53 bits per heavy atom. The first kappa shape index (κ1) is 13.0. The van der Waals surface area contributed by atoms with Crippen LogP contribution in [0.3, 0.4) is 0 Å². The lowest BCUT2D eigenvalue weighted by Gasteiger charge is -2.12. The number of carbonyl (C=O) groups is 2. The summed E-state index contributed by atoms with van der Waals surface area (Å²) in [6.45, 7) is 1.59. The summed E-state index contributed by atoms with van der Waals surface area (Å²) in [5.74, 6) is -1.77. The predicted octanol–water partition coefficient (Wildman–Crippen LogP) is 0.550. The van der Waals surface area contributed by atoms with Crippen LogP contribution >= 0.6 is 0 Å². The van der Waals surface area contributed by atoms with E-state index in [1.807, 2.05) is 0 Å². The number of rotatable bonds is 4. The lowest BCUT2D eigenvalue weighted by atomic mass is 10.0. The van der Waals surface area contributed by atoms with E-state index in [0.29, 0.717) is 12.0 Å². The van der Waals surface area contributed by atoms with Gasteiger partial charge in [-0.3, -0.25) is 4.79 Å². The summed E-state index contributed by atoms with van der Waals surface area (Å²) in [4.78, 5) is 21.8. The van der Waals surface area contributed by atoms with E-state index >= 15 is 0 Å². The number of aromatic hydroxyl groups is 1. The lowest BCUT2D eigenvalue weighted by molar-refractivity contribution is -0.114. The maximum Gasteiger partial charge on any atom is 0.335 e. The fourth-order valence-corrected chi connectivity index (χ4v) is 1.48. The van der Waals surface area contributed by atoms with E-state index in [2.05, 4.69) is 5.32 Å². The number of benzene rings is 1. The van der Waals surface area contributed by atoms with E-state index in [4.69, 9.17) is 10.8 Å². The number of phenolic OH excluding ortho intramolecular Hbond substituents is 1. The number of carbonyl (C=O) groups excluding carboxylic acids is 1. The molecule has 0 heterocycles. The zero-order valence-electron chi connectivity index (χ0n) is 9.36. The monoisotopic (exact) mass is 238 g/mol. The molecule has 0 bridgehead atoms. The third-order valence-corrected chi connectivity index (χ3v) is 2.16. The van der Waals surface area contributed by atoms with Crippen LogP contribution in [0.5, 0.6) is 5.75 Å². The van der Waals surface area contributed by atoms with Crippen molar-refractivity contribution in [3.63, 3.8) is 0 Å². The van der Waals surface area contributed by atoms with Crippen LogP contribution in [0.2, 0.25) is 0 Å². The molecule has 0 spiro atoms. The first-order valence-corrected chi connectivity index (χ1v) is 5.02. The lowest BCUT2D eigenvalue weighted by Crippen LogP contribution is -2.12. The Morgan fingerprint density at radius 1 is 1.41 bits per heavy atom. The van der Waals surface area contributed by atoms with Gasteiger partial charge in [-0.2, -0.15) is 0 Å². The number of amides is 1. The molecule has 0 unspecified atom stereocenters. The summed E-state index contributed by atoms with van der Waals surface area (Å²) in [5.41, 5.74) is 6.07. The second-order valence-corrected chi connectivity index (χ2v) is 3.55. The third kappa shape index (κ3) is 3.18. The van der Waals surface area contributed by atoms with Crippen LogP contribution in [-0.2, 0) is 11.2 Å². The molecule has 1 rings (SSSR count). The molecule has 92 valence electrons. The number of hydrogen-bond donors (Lipinski definition) is 4. The van der Waals surface area contributed by atoms with Crippen molar-refractivity contribution in [2.75, 3.05) is 11.9 Å². The van der Waals surface area contributed by atoms with E-state index < -0.39 is 5.97 Å². The van der Waals surface area contributed by atoms with Crippen molar-refractivity contribution in [2.24, 2.45) is 5.73 Å². The molecular weight excluding hydrogens is 224 g/mol. The highest BCUT2D eigenvalue weighted by Gasteiger charge is 2.14. The summed E-state index contributed by atoms with van der Waals surface area (Å²) in [6, 6.07) is 2.48. The third-order valence-electron chi connectivity index (χ3n) is 2.16. The molecule has 5 N–H and O–H groups in total. The average molecular weight is 238 g/mol. The summed E-state index contributed by atoms with van der Waals surface area (Å²) < 4.78 is 0. The Labute approximate surface area is 98.1 Å². The molecule has 0 aliphatic rings. The second kappa shape index (κ2) is 5.31. The Balaban J connectivity index is 3.27. The van der Waals surface area contributed by atoms with Gasteiger partial charge in [0.15, 0.2) is 0 Å². The van der Waals surface area contributed by atoms with Gasteiger partial charge in [0.25, 0.3) is 0 Å². The van der Waals surface area contributed by atoms with Crippen molar-refractivity contribution >= 4 is 17.6 Å². The molecule has 6 heteroatoms. The van der Waals surface area contributed by atoms with Gasteiger partial charge in [0.05, 0.1) is 11.3 Å². The summed E-state index contributed by atoms with van der Waals surface area (Å²) in [7, 11) is 0. The van der Waals surface area contributed by atoms with Gasteiger partial charge in [-0.05, 0) is 30.7 Å². The summed E-state index contributed by atoms with van der Waals surface area (Å²) in [6.07, 6.45) is 0.365. The van der Waals surface area contributed by atoms with Gasteiger partial charge >= 0.3 is 5.97 Å². The zero-order valence-corrected chi connectivity index (χ0v) is 9.36. The molecule has 6 nitrogen and oxygen atoms in total. The number of anilines is 1. The smallest absolute Gasteiger partial charge is 0.335 e. The Kier molecular flexibility index (Phi) is 4.06. The van der Waals surface area contributed by atoms with Crippen molar-refractivity contribution in [2.45, 2.75) is 13.3 Å². The van der Waals surface area contributed by atoms with Crippen molar-refractivity contribution in [3.05, 3.63) is 23.3 Å². The van der Waals surface area contributed by atoms with Crippen LogP contribution in [0.15, 0.2) is 12.1 Å². The van der Waals surface area contributed by atoms with Crippen LogP contribution in [0.4, 0.5) is 5.69 Å². The van der Waals surface area contributed by atoms with Crippen molar-refractivity contribution in [1.82, 2.24) is 0 Å². The van der Waals surface area contributed by atoms with Crippen LogP contribution < -0.4 is 11.1 Å². The molecule has 0 saturated heterocycles. The van der Waals surface area contributed by atoms with Crippen molar-refractivity contribution < 1.29 is 19.8 Å². The largest absolute Gasteiger partial charge is 0.506 e. The SMILES string of the molecule is CC(=O)Nc1c(O)cc(C(=O)O)cc1CCN. The molecule has 17 heavy (non-hydrogen) atoms. The Morgan fingerprint density at radius 2 is 2.06 bits per heavy atom. The molecule has 0 radical (unpaired) electrons. The summed E-state index contributed by atoms with van der Waals surface area (Å²) in [5, 5.41) is 21.0. The van der Waals surface area contributed by atoms with Crippen LogP contribution in [-0.4, -0.2) is 28.6 Å². The number of phenols is 1. The van der Waals surface area contributed by atoms with E-state index in [0.717, 1.165) is 6.07 Å². The molecule has 1 aromatic rings. The number of hydrogen-bond acceptors (Lipinski definition) is 4. The number of aromatic carboxylic acids is 1. The molecule has 0 aliphatic heterocycles. The molecule has 0 atom stereocenters. The Bertz CT molecular complexity index is 457. The van der Waals surface area contributed by atoms with E-state index in [9.17, 15) is 14.7 Å². The highest BCUT2D eigenvalue weighted by Crippen LogP contribution is 2.29. The average Bonchev–Trinajstić information content (AvgIpc) is 2.22. The molecule has 0 aromatic heterocycles. The predicted molar refractivity (Wildman–Crippen MR) is 62.1 cm³/mol. The van der Waals surface area contributed by atoms with Crippen LogP contribution in [0, 0.1) is 0 Å². The van der Waals surface area contributed by atoms with E-state index in [-0.39, 0.29) is 29.5 Å². The standard InChI is InChI=1S/C11H14N2O4/c1-6(14)13-10-7(2-3-12)4-8(11(16)17)5-9(10)15/h4-5,15H,2-3,12H2,1H3,(H,13,14)(H,16,17). The van der Waals surface area contributed by atoms with Gasteiger partial charge in [0.2, 0.25) is 5.91 Å². The van der Waals surface area contributed by atoms with Gasteiger partial charge in [-0.15, -0.1) is 0 Å². The maximum atomic E-state index is 11.0. The molecule has 0 saturated carbocycles. The number of nitrogens with two attached hydrogens (primary N) is 1. The highest BCUT2D eigenvalue weighted by atomic mass is 16.4. The molecule has 0 aliphatic carbocycles.